The van der Waals surface area contributed by atoms with Crippen LogP contribution in [0.5, 0.6) is 0 Å². The third-order valence-corrected chi connectivity index (χ3v) is 29.5. The van der Waals surface area contributed by atoms with Gasteiger partial charge in [0.05, 0.1) is 0 Å². The molecule has 0 heterocycles. The number of hydrogen-bond acceptors (Lipinski definition) is 4. The Morgan fingerprint density at radius 3 is 0.395 bits per heavy atom. The van der Waals surface area contributed by atoms with Crippen LogP contribution in [0.2, 0.25) is 0 Å². The Bertz CT molecular complexity index is 4600. The second kappa shape index (κ2) is 21.4. The fourth-order valence-electron chi connectivity index (χ4n) is 12.6. The van der Waals surface area contributed by atoms with Crippen molar-refractivity contribution in [3.8, 4) is 0 Å². The summed E-state index contributed by atoms with van der Waals surface area (Å²) in [7, 11) is -14.6. The first-order valence-electron chi connectivity index (χ1n) is 28.8. The molecular formula is C78H54O4P4. The van der Waals surface area contributed by atoms with Crippen molar-refractivity contribution in [1.82, 2.24) is 0 Å². The van der Waals surface area contributed by atoms with Gasteiger partial charge in [0.15, 0.2) is 28.6 Å². The summed E-state index contributed by atoms with van der Waals surface area (Å²) >= 11 is 0. The lowest BCUT2D eigenvalue weighted by atomic mass is 10.1. The zero-order valence-electron chi connectivity index (χ0n) is 46.6. The third-order valence-electron chi connectivity index (χ3n) is 17.3. The smallest absolute Gasteiger partial charge is 0.171 e. The summed E-state index contributed by atoms with van der Waals surface area (Å²) in [6.07, 6.45) is 0. The van der Waals surface area contributed by atoms with Gasteiger partial charge in [0.2, 0.25) is 0 Å². The molecule has 0 N–H and O–H groups in total. The first-order valence-corrected chi connectivity index (χ1v) is 35.6. The highest BCUT2D eigenvalue weighted by Gasteiger charge is 2.37. The van der Waals surface area contributed by atoms with E-state index in [1.54, 1.807) is 0 Å². The molecule has 0 fully saturated rings. The Balaban J connectivity index is 0.909. The van der Waals surface area contributed by atoms with Crippen LogP contribution in [0.4, 0.5) is 0 Å². The van der Waals surface area contributed by atoms with Gasteiger partial charge < -0.3 is 18.3 Å². The van der Waals surface area contributed by atoms with Gasteiger partial charge in [-0.2, -0.15) is 0 Å². The molecule has 15 aromatic carbocycles. The van der Waals surface area contributed by atoms with Crippen LogP contribution in [0.15, 0.2) is 328 Å². The molecule has 15 rings (SSSR count). The minimum atomic E-state index is -3.89. The second-order valence-electron chi connectivity index (χ2n) is 22.2. The molecule has 0 saturated carbocycles. The molecule has 0 amide bonds. The van der Waals surface area contributed by atoms with E-state index < -0.39 is 28.6 Å². The van der Waals surface area contributed by atoms with Crippen LogP contribution in [-0.2, 0) is 18.3 Å². The molecule has 15 aromatic rings. The Labute approximate surface area is 499 Å². The molecular weight excluding hydrogens is 1120 g/mol. The van der Waals surface area contributed by atoms with E-state index >= 15 is 18.3 Å². The molecule has 0 radical (unpaired) electrons. The Morgan fingerprint density at radius 1 is 0.128 bits per heavy atom. The van der Waals surface area contributed by atoms with E-state index in [0.717, 1.165) is 64.6 Å². The Hall–Kier alpha value is -9.22. The lowest BCUT2D eigenvalue weighted by molar-refractivity contribution is 0.591. The van der Waals surface area contributed by atoms with Gasteiger partial charge in [0.1, 0.15) is 0 Å². The first kappa shape index (κ1) is 53.5. The predicted molar refractivity (Wildman–Crippen MR) is 369 cm³/mol. The van der Waals surface area contributed by atoms with Gasteiger partial charge in [-0.15, -0.1) is 0 Å². The summed E-state index contributed by atoms with van der Waals surface area (Å²) in [5, 5.41) is 19.7. The van der Waals surface area contributed by atoms with Crippen LogP contribution < -0.4 is 63.7 Å². The first-order chi connectivity index (χ1) is 42.1. The van der Waals surface area contributed by atoms with Crippen molar-refractivity contribution < 1.29 is 18.3 Å². The maximum atomic E-state index is 17.2. The van der Waals surface area contributed by atoms with Crippen LogP contribution in [-0.4, -0.2) is 0 Å². The normalized spacial score (nSPS) is 12.4. The summed E-state index contributed by atoms with van der Waals surface area (Å²) in [6.45, 7) is 0. The Morgan fingerprint density at radius 2 is 0.244 bits per heavy atom. The van der Waals surface area contributed by atoms with Crippen molar-refractivity contribution in [2.45, 2.75) is 0 Å². The van der Waals surface area contributed by atoms with Crippen LogP contribution in [0.25, 0.3) is 64.6 Å². The number of rotatable bonds is 12. The highest BCUT2D eigenvalue weighted by Crippen LogP contribution is 2.49. The highest BCUT2D eigenvalue weighted by molar-refractivity contribution is 7.87. The van der Waals surface area contributed by atoms with Crippen LogP contribution >= 0.6 is 28.6 Å². The Kier molecular flexibility index (Phi) is 13.3. The number of fused-ring (bicyclic) bond motifs is 6. The molecule has 410 valence electrons. The van der Waals surface area contributed by atoms with Crippen molar-refractivity contribution in [1.29, 1.82) is 0 Å². The molecule has 0 aliphatic rings. The summed E-state index contributed by atoms with van der Waals surface area (Å²) in [4.78, 5) is 0. The van der Waals surface area contributed by atoms with E-state index in [1.165, 1.54) is 0 Å². The van der Waals surface area contributed by atoms with E-state index in [-0.39, 0.29) is 0 Å². The molecule has 4 nitrogen and oxygen atoms in total. The zero-order valence-corrected chi connectivity index (χ0v) is 50.2. The van der Waals surface area contributed by atoms with Crippen molar-refractivity contribution in [3.05, 3.63) is 328 Å². The molecule has 0 unspecified atom stereocenters. The van der Waals surface area contributed by atoms with E-state index in [4.69, 9.17) is 0 Å². The third kappa shape index (κ3) is 8.99. The van der Waals surface area contributed by atoms with Crippen LogP contribution in [0, 0.1) is 0 Å². The summed E-state index contributed by atoms with van der Waals surface area (Å²) < 4.78 is 66.7. The van der Waals surface area contributed by atoms with Crippen molar-refractivity contribution >= 4 is 157 Å². The van der Waals surface area contributed by atoms with Gasteiger partial charge >= 0.3 is 0 Å². The topological polar surface area (TPSA) is 68.3 Å². The average Bonchev–Trinajstić information content (AvgIpc) is 1.00. The molecule has 8 heteroatoms. The van der Waals surface area contributed by atoms with E-state index in [9.17, 15) is 0 Å². The molecule has 0 bridgehead atoms. The maximum absolute atomic E-state index is 17.2. The largest absolute Gasteiger partial charge is 0.309 e. The molecule has 86 heavy (non-hydrogen) atoms. The summed E-state index contributed by atoms with van der Waals surface area (Å²) in [5.74, 6) is 0. The van der Waals surface area contributed by atoms with E-state index in [0.29, 0.717) is 63.7 Å². The van der Waals surface area contributed by atoms with E-state index in [1.807, 2.05) is 291 Å². The SMILES string of the molecule is O=P(c1ccc(P(=O)(c2ccc3ccccc3c2)c2ccc3ccccc3c2)cc1)(c1ccc(P(=O)(c2ccc3ccccc3c2)c2ccc3ccccc3c2)cc1)c1ccc(P(=O)(c2ccc3ccccc3c2)c2ccc3ccccc3c2)cc1. The molecule has 0 saturated heterocycles. The van der Waals surface area contributed by atoms with Gasteiger partial charge in [0.25, 0.3) is 0 Å². The molecule has 0 atom stereocenters. The van der Waals surface area contributed by atoms with Gasteiger partial charge in [-0.25, -0.2) is 0 Å². The fourth-order valence-corrected chi connectivity index (χ4v) is 23.3. The van der Waals surface area contributed by atoms with Crippen molar-refractivity contribution in [2.24, 2.45) is 0 Å². The number of hydrogen-bond donors (Lipinski definition) is 0. The lowest BCUT2D eigenvalue weighted by Crippen LogP contribution is -2.31. The minimum Gasteiger partial charge on any atom is -0.309 e. The fraction of sp³-hybridized carbons (Fsp3) is 0. The predicted octanol–water partition coefficient (Wildman–Crippen LogP) is 15.2. The highest BCUT2D eigenvalue weighted by atomic mass is 31.2. The van der Waals surface area contributed by atoms with Gasteiger partial charge in [-0.05, 0) is 101 Å². The molecule has 0 spiro atoms. The maximum Gasteiger partial charge on any atom is 0.171 e. The average molecular weight is 1180 g/mol. The van der Waals surface area contributed by atoms with E-state index in [2.05, 4.69) is 36.4 Å². The molecule has 0 aromatic heterocycles. The van der Waals surface area contributed by atoms with Crippen LogP contribution in [0.1, 0.15) is 0 Å². The molecule has 0 aliphatic carbocycles. The van der Waals surface area contributed by atoms with Gasteiger partial charge in [-0.3, -0.25) is 0 Å². The standard InChI is InChI=1S/C78H54O4P4/c79-83(67-37-43-70(44-38-67)84(80,73-31-25-55-13-1-7-19-61(55)49-73)74-32-26-56-14-2-8-20-62(56)50-74,68-39-45-71(46-40-68)85(81,75-33-27-57-15-3-9-21-63(57)51-75)76-34-28-58-16-4-10-22-64(58)52-76)69-41-47-72(48-42-69)86(82,77-35-29-59-17-5-11-23-65(59)53-77)78-36-30-60-18-6-12-24-66(60)54-78/h1-54H. The molecule has 0 aliphatic heterocycles. The number of benzene rings is 15. The summed E-state index contributed by atoms with van der Waals surface area (Å²) in [6, 6.07) is 107. The van der Waals surface area contributed by atoms with Gasteiger partial charge in [-0.1, -0.05) is 291 Å². The zero-order chi connectivity index (χ0) is 58.0. The second-order valence-corrected chi connectivity index (χ2v) is 33.2. The minimum absolute atomic E-state index is 0.518. The van der Waals surface area contributed by atoms with Crippen molar-refractivity contribution in [3.63, 3.8) is 0 Å². The van der Waals surface area contributed by atoms with Crippen molar-refractivity contribution in [2.75, 3.05) is 0 Å². The quantitative estimate of drug-likeness (QED) is 0.114. The van der Waals surface area contributed by atoms with Gasteiger partial charge in [0, 0.05) is 63.7 Å². The van der Waals surface area contributed by atoms with Crippen LogP contribution in [0.3, 0.4) is 0 Å². The lowest BCUT2D eigenvalue weighted by Gasteiger charge is -2.25. The monoisotopic (exact) mass is 1180 g/mol. The summed E-state index contributed by atoms with van der Waals surface area (Å²) in [5.41, 5.74) is 0.